The molecular weight excluding hydrogens is 340 g/mol. The lowest BCUT2D eigenvalue weighted by molar-refractivity contribution is -0.110. The lowest BCUT2D eigenvalue weighted by atomic mass is 9.98. The van der Waals surface area contributed by atoms with Gasteiger partial charge in [0.2, 0.25) is 10.0 Å². The van der Waals surface area contributed by atoms with E-state index in [1.807, 2.05) is 6.07 Å². The fourth-order valence-electron chi connectivity index (χ4n) is 3.32. The van der Waals surface area contributed by atoms with Crippen molar-refractivity contribution >= 4 is 33.3 Å². The van der Waals surface area contributed by atoms with E-state index in [1.54, 1.807) is 12.1 Å². The lowest BCUT2D eigenvalue weighted by Gasteiger charge is -2.07. The van der Waals surface area contributed by atoms with Gasteiger partial charge in [0.05, 0.1) is 10.5 Å². The molecule has 1 amide bonds. The second-order valence-electron chi connectivity index (χ2n) is 6.23. The smallest absolute Gasteiger partial charge is 0.256 e. The van der Waals surface area contributed by atoms with Gasteiger partial charge in [-0.15, -0.1) is 0 Å². The molecule has 25 heavy (non-hydrogen) atoms. The summed E-state index contributed by atoms with van der Waals surface area (Å²) in [6.45, 7) is 0. The number of carbonyl (C=O) groups excluding carboxylic acids is 1. The van der Waals surface area contributed by atoms with Gasteiger partial charge in [-0.2, -0.15) is 0 Å². The highest BCUT2D eigenvalue weighted by Gasteiger charge is 2.27. The van der Waals surface area contributed by atoms with Gasteiger partial charge in [0.25, 0.3) is 5.91 Å². The van der Waals surface area contributed by atoms with Crippen molar-refractivity contribution in [2.45, 2.75) is 30.6 Å². The number of sulfonamides is 1. The number of hydrogen-bond donors (Lipinski definition) is 2. The number of aryl methyl sites for hydroxylation is 2. The number of hydrogen-bond acceptors (Lipinski definition) is 4. The minimum Gasteiger partial charge on any atom is -0.461 e. The average Bonchev–Trinajstić information content (AvgIpc) is 3.15. The van der Waals surface area contributed by atoms with Crippen molar-refractivity contribution in [3.63, 3.8) is 0 Å². The van der Waals surface area contributed by atoms with E-state index in [0.29, 0.717) is 22.6 Å². The van der Waals surface area contributed by atoms with Crippen LogP contribution in [0.1, 0.15) is 35.5 Å². The van der Waals surface area contributed by atoms with Crippen LogP contribution < -0.4 is 10.0 Å². The molecule has 0 bridgehead atoms. The molecule has 0 unspecified atom stereocenters. The normalized spacial score (nSPS) is 18.1. The first-order valence-corrected chi connectivity index (χ1v) is 9.69. The molecule has 6 nitrogen and oxygen atoms in total. The average molecular weight is 358 g/mol. The lowest BCUT2D eigenvalue weighted by Crippen LogP contribution is -2.18. The van der Waals surface area contributed by atoms with Crippen LogP contribution in [-0.4, -0.2) is 21.4 Å². The largest absolute Gasteiger partial charge is 0.461 e. The third-order valence-electron chi connectivity index (χ3n) is 4.66. The highest BCUT2D eigenvalue weighted by molar-refractivity contribution is 7.89. The van der Waals surface area contributed by atoms with Crippen LogP contribution in [0.4, 0.5) is 5.69 Å². The first kappa shape index (κ1) is 16.1. The molecule has 2 N–H and O–H groups in total. The molecule has 4 rings (SSSR count). The van der Waals surface area contributed by atoms with E-state index in [9.17, 15) is 13.2 Å². The van der Waals surface area contributed by atoms with Crippen LogP contribution in [-0.2, 0) is 27.7 Å². The van der Waals surface area contributed by atoms with Crippen LogP contribution in [0, 0.1) is 0 Å². The second-order valence-corrected chi connectivity index (χ2v) is 8.12. The Morgan fingerprint density at radius 2 is 2.00 bits per heavy atom. The maximum absolute atomic E-state index is 12.3. The summed E-state index contributed by atoms with van der Waals surface area (Å²) in [4.78, 5) is 12.4. The number of furan rings is 1. The van der Waals surface area contributed by atoms with Gasteiger partial charge in [0, 0.05) is 17.7 Å². The summed E-state index contributed by atoms with van der Waals surface area (Å²) in [5, 5.41) is 2.76. The van der Waals surface area contributed by atoms with Gasteiger partial charge >= 0.3 is 0 Å². The Morgan fingerprint density at radius 1 is 1.20 bits per heavy atom. The molecule has 0 fully saturated rings. The van der Waals surface area contributed by atoms with Crippen molar-refractivity contribution in [1.29, 1.82) is 0 Å². The zero-order valence-corrected chi connectivity index (χ0v) is 14.6. The first-order chi connectivity index (χ1) is 12.0. The summed E-state index contributed by atoms with van der Waals surface area (Å²) in [6, 6.07) is 6.56. The Morgan fingerprint density at radius 3 is 2.76 bits per heavy atom. The molecule has 2 heterocycles. The molecule has 0 saturated carbocycles. The number of anilines is 1. The molecule has 1 aliphatic carbocycles. The quantitative estimate of drug-likeness (QED) is 0.826. The van der Waals surface area contributed by atoms with E-state index in [1.165, 1.54) is 24.7 Å². The van der Waals surface area contributed by atoms with Crippen LogP contribution in [0.3, 0.4) is 0 Å². The van der Waals surface area contributed by atoms with Crippen molar-refractivity contribution in [1.82, 2.24) is 4.72 Å². The van der Waals surface area contributed by atoms with Gasteiger partial charge in [-0.05, 0) is 62.2 Å². The summed E-state index contributed by atoms with van der Waals surface area (Å²) in [7, 11) is -2.22. The number of carbonyl (C=O) groups is 1. The van der Waals surface area contributed by atoms with Gasteiger partial charge in [0.15, 0.2) is 0 Å². The topological polar surface area (TPSA) is 88.4 Å². The third kappa shape index (κ3) is 2.79. The highest BCUT2D eigenvalue weighted by atomic mass is 32.2. The molecule has 0 radical (unpaired) electrons. The van der Waals surface area contributed by atoms with Crippen molar-refractivity contribution < 1.29 is 17.6 Å². The monoisotopic (exact) mass is 358 g/mol. The standard InChI is InChI=1S/C18H18N2O4S/c1-19-25(22,23)13-6-7-16-14(10-13)15(18(21)20-16)9-12-8-11-4-2-3-5-17(11)24-12/h6-10,19H,2-5H2,1H3,(H,20,21). The van der Waals surface area contributed by atoms with E-state index >= 15 is 0 Å². The van der Waals surface area contributed by atoms with Crippen molar-refractivity contribution in [2.24, 2.45) is 0 Å². The summed E-state index contributed by atoms with van der Waals surface area (Å²) >= 11 is 0. The molecule has 2 aliphatic rings. The molecule has 2 aromatic rings. The molecule has 1 aliphatic heterocycles. The van der Waals surface area contributed by atoms with E-state index in [2.05, 4.69) is 10.0 Å². The molecule has 1 aromatic heterocycles. The minimum absolute atomic E-state index is 0.120. The van der Waals surface area contributed by atoms with Crippen LogP contribution in [0.2, 0.25) is 0 Å². The summed E-state index contributed by atoms with van der Waals surface area (Å²) in [5.41, 5.74) is 2.77. The summed E-state index contributed by atoms with van der Waals surface area (Å²) in [6.07, 6.45) is 5.87. The molecule has 0 saturated heterocycles. The Labute approximate surface area is 146 Å². The van der Waals surface area contributed by atoms with Crippen LogP contribution in [0.15, 0.2) is 33.6 Å². The zero-order valence-electron chi connectivity index (χ0n) is 13.8. The van der Waals surface area contributed by atoms with Gasteiger partial charge < -0.3 is 9.73 Å². The van der Waals surface area contributed by atoms with Crippen molar-refractivity contribution in [2.75, 3.05) is 12.4 Å². The van der Waals surface area contributed by atoms with Gasteiger partial charge in [-0.1, -0.05) is 0 Å². The SMILES string of the molecule is CNS(=O)(=O)c1ccc2c(c1)C(=Cc1cc3c(o1)CCCC3)C(=O)N2. The Kier molecular flexibility index (Phi) is 3.77. The van der Waals surface area contributed by atoms with E-state index < -0.39 is 10.0 Å². The number of benzene rings is 1. The Balaban J connectivity index is 1.78. The van der Waals surface area contributed by atoms with E-state index in [-0.39, 0.29) is 10.8 Å². The molecule has 0 atom stereocenters. The van der Waals surface area contributed by atoms with Crippen LogP contribution in [0.5, 0.6) is 0 Å². The van der Waals surface area contributed by atoms with Crippen molar-refractivity contribution in [3.05, 3.63) is 46.9 Å². The number of nitrogens with one attached hydrogen (secondary N) is 2. The number of amides is 1. The van der Waals surface area contributed by atoms with E-state index in [4.69, 9.17) is 4.42 Å². The number of fused-ring (bicyclic) bond motifs is 2. The minimum atomic E-state index is -3.58. The molecule has 130 valence electrons. The predicted octanol–water partition coefficient (Wildman–Crippen LogP) is 2.56. The zero-order chi connectivity index (χ0) is 17.6. The predicted molar refractivity (Wildman–Crippen MR) is 94.5 cm³/mol. The maximum Gasteiger partial charge on any atom is 0.256 e. The Hall–Kier alpha value is -2.38. The Bertz CT molecular complexity index is 979. The molecule has 7 heteroatoms. The second kappa shape index (κ2) is 5.86. The van der Waals surface area contributed by atoms with Gasteiger partial charge in [-0.25, -0.2) is 13.1 Å². The van der Waals surface area contributed by atoms with Crippen LogP contribution >= 0.6 is 0 Å². The number of rotatable bonds is 3. The summed E-state index contributed by atoms with van der Waals surface area (Å²) in [5.74, 6) is 1.36. The third-order valence-corrected chi connectivity index (χ3v) is 6.07. The fraction of sp³-hybridized carbons (Fsp3) is 0.278. The summed E-state index contributed by atoms with van der Waals surface area (Å²) < 4.78 is 32.2. The highest BCUT2D eigenvalue weighted by Crippen LogP contribution is 2.35. The van der Waals surface area contributed by atoms with Gasteiger partial charge in [0.1, 0.15) is 11.5 Å². The van der Waals surface area contributed by atoms with E-state index in [0.717, 1.165) is 31.4 Å². The van der Waals surface area contributed by atoms with Crippen LogP contribution in [0.25, 0.3) is 11.6 Å². The maximum atomic E-state index is 12.3. The molecule has 0 spiro atoms. The fourth-order valence-corrected chi connectivity index (χ4v) is 4.08. The van der Waals surface area contributed by atoms with Gasteiger partial charge in [-0.3, -0.25) is 4.79 Å². The molecular formula is C18H18N2O4S. The molecule has 1 aromatic carbocycles. The van der Waals surface area contributed by atoms with Crippen molar-refractivity contribution in [3.8, 4) is 0 Å². The first-order valence-electron chi connectivity index (χ1n) is 8.20.